The van der Waals surface area contributed by atoms with Crippen molar-refractivity contribution in [1.82, 2.24) is 0 Å². The predicted molar refractivity (Wildman–Crippen MR) is 76.0 cm³/mol. The number of phenols is 1. The molecule has 1 N–H and O–H groups in total. The van der Waals surface area contributed by atoms with Gasteiger partial charge in [0, 0.05) is 6.07 Å². The van der Waals surface area contributed by atoms with Crippen LogP contribution in [0.25, 0.3) is 0 Å². The van der Waals surface area contributed by atoms with Gasteiger partial charge in [0.25, 0.3) is 0 Å². The number of fused-ring (bicyclic) bond motifs is 1. The van der Waals surface area contributed by atoms with Gasteiger partial charge in [-0.05, 0) is 17.2 Å². The van der Waals surface area contributed by atoms with Crippen molar-refractivity contribution in [3.63, 3.8) is 0 Å². The van der Waals surface area contributed by atoms with E-state index in [2.05, 4.69) is 0 Å². The molecule has 3 rings (SSSR count). The average Bonchev–Trinajstić information content (AvgIpc) is 2.75. The number of benzene rings is 2. The fourth-order valence-electron chi connectivity index (χ4n) is 2.49. The highest BCUT2D eigenvalue weighted by Gasteiger charge is 2.28. The van der Waals surface area contributed by atoms with Crippen LogP contribution in [0.5, 0.6) is 11.5 Å². The van der Waals surface area contributed by atoms with Crippen LogP contribution in [0, 0.1) is 0 Å². The molecule has 0 atom stereocenters. The Bertz CT molecular complexity index is 652. The first-order valence-corrected chi connectivity index (χ1v) is 6.43. The van der Waals surface area contributed by atoms with Gasteiger partial charge in [-0.3, -0.25) is 4.79 Å². The molecule has 4 nitrogen and oxygen atoms in total. The highest BCUT2D eigenvalue weighted by molar-refractivity contribution is 6.01. The van der Waals surface area contributed by atoms with Crippen molar-refractivity contribution in [2.75, 3.05) is 12.0 Å². The van der Waals surface area contributed by atoms with Crippen molar-refractivity contribution >= 4 is 11.6 Å². The largest absolute Gasteiger partial charge is 0.504 e. The lowest BCUT2D eigenvalue weighted by molar-refractivity contribution is -0.117. The molecule has 2 aromatic carbocycles. The van der Waals surface area contributed by atoms with Crippen LogP contribution in [0.2, 0.25) is 0 Å². The van der Waals surface area contributed by atoms with Gasteiger partial charge in [0.2, 0.25) is 5.91 Å². The highest BCUT2D eigenvalue weighted by atomic mass is 16.5. The van der Waals surface area contributed by atoms with Crippen LogP contribution in [-0.2, 0) is 17.8 Å². The van der Waals surface area contributed by atoms with Crippen molar-refractivity contribution in [1.29, 1.82) is 0 Å². The van der Waals surface area contributed by atoms with E-state index in [1.807, 2.05) is 30.3 Å². The highest BCUT2D eigenvalue weighted by Crippen LogP contribution is 2.38. The van der Waals surface area contributed by atoms with Crippen LogP contribution >= 0.6 is 0 Å². The lowest BCUT2D eigenvalue weighted by Gasteiger charge is -2.18. The van der Waals surface area contributed by atoms with Gasteiger partial charge in [0.15, 0.2) is 11.5 Å². The summed E-state index contributed by atoms with van der Waals surface area (Å²) in [6, 6.07) is 13.1. The number of rotatable bonds is 3. The normalized spacial score (nSPS) is 13.4. The van der Waals surface area contributed by atoms with Gasteiger partial charge in [-0.25, -0.2) is 0 Å². The third kappa shape index (κ3) is 2.09. The second-order valence-electron chi connectivity index (χ2n) is 4.80. The Balaban J connectivity index is 1.96. The van der Waals surface area contributed by atoms with E-state index in [4.69, 9.17) is 4.74 Å². The molecule has 1 aliphatic heterocycles. The molecule has 102 valence electrons. The van der Waals surface area contributed by atoms with Gasteiger partial charge >= 0.3 is 0 Å². The molecule has 0 spiro atoms. The van der Waals surface area contributed by atoms with Crippen LogP contribution in [-0.4, -0.2) is 18.1 Å². The molecule has 0 unspecified atom stereocenters. The van der Waals surface area contributed by atoms with Crippen molar-refractivity contribution < 1.29 is 14.6 Å². The molecule has 0 aliphatic carbocycles. The summed E-state index contributed by atoms with van der Waals surface area (Å²) in [6.07, 6.45) is 0.346. The number of aromatic hydroxyl groups is 1. The lowest BCUT2D eigenvalue weighted by atomic mass is 10.1. The minimum atomic E-state index is 0.0384. The number of carbonyl (C=O) groups is 1. The summed E-state index contributed by atoms with van der Waals surface area (Å²) in [5.41, 5.74) is 2.71. The number of amides is 1. The van der Waals surface area contributed by atoms with Crippen LogP contribution in [0.3, 0.4) is 0 Å². The SMILES string of the molecule is COc1cc2c(cc1O)N(Cc1ccccc1)C(=O)C2. The molecule has 0 radical (unpaired) electrons. The van der Waals surface area contributed by atoms with E-state index in [0.29, 0.717) is 18.7 Å². The van der Waals surface area contributed by atoms with E-state index < -0.39 is 0 Å². The zero-order chi connectivity index (χ0) is 14.1. The summed E-state index contributed by atoms with van der Waals surface area (Å²) >= 11 is 0. The van der Waals surface area contributed by atoms with Gasteiger partial charge < -0.3 is 14.7 Å². The number of hydrogen-bond donors (Lipinski definition) is 1. The zero-order valence-electron chi connectivity index (χ0n) is 11.2. The van der Waals surface area contributed by atoms with Gasteiger partial charge in [-0.15, -0.1) is 0 Å². The monoisotopic (exact) mass is 269 g/mol. The number of hydrogen-bond acceptors (Lipinski definition) is 3. The second kappa shape index (κ2) is 4.89. The summed E-state index contributed by atoms with van der Waals surface area (Å²) in [5.74, 6) is 0.494. The average molecular weight is 269 g/mol. The molecule has 0 saturated heterocycles. The Morgan fingerprint density at radius 3 is 2.70 bits per heavy atom. The van der Waals surface area contributed by atoms with Gasteiger partial charge in [-0.2, -0.15) is 0 Å². The molecular weight excluding hydrogens is 254 g/mol. The van der Waals surface area contributed by atoms with Crippen molar-refractivity contribution in [2.24, 2.45) is 0 Å². The Morgan fingerprint density at radius 2 is 2.00 bits per heavy atom. The summed E-state index contributed by atoms with van der Waals surface area (Å²) in [6.45, 7) is 0.512. The minimum Gasteiger partial charge on any atom is -0.504 e. The first-order chi connectivity index (χ1) is 9.69. The van der Waals surface area contributed by atoms with Crippen LogP contribution in [0.15, 0.2) is 42.5 Å². The Labute approximate surface area is 117 Å². The van der Waals surface area contributed by atoms with E-state index in [1.165, 1.54) is 7.11 Å². The van der Waals surface area contributed by atoms with E-state index in [9.17, 15) is 9.90 Å². The maximum absolute atomic E-state index is 12.1. The molecule has 1 heterocycles. The van der Waals surface area contributed by atoms with Crippen LogP contribution in [0.1, 0.15) is 11.1 Å². The molecule has 1 aliphatic rings. The van der Waals surface area contributed by atoms with E-state index >= 15 is 0 Å². The number of anilines is 1. The molecule has 20 heavy (non-hydrogen) atoms. The standard InChI is InChI=1S/C16H15NO3/c1-20-15-7-12-8-16(19)17(13(12)9-14(15)18)10-11-5-3-2-4-6-11/h2-7,9,18H,8,10H2,1H3. The van der Waals surface area contributed by atoms with Crippen molar-refractivity contribution in [3.8, 4) is 11.5 Å². The molecule has 2 aromatic rings. The van der Waals surface area contributed by atoms with Crippen LogP contribution < -0.4 is 9.64 Å². The number of nitrogens with zero attached hydrogens (tertiary/aromatic N) is 1. The molecule has 0 saturated carbocycles. The van der Waals surface area contributed by atoms with E-state index in [0.717, 1.165) is 16.8 Å². The smallest absolute Gasteiger partial charge is 0.231 e. The van der Waals surface area contributed by atoms with E-state index in [1.54, 1.807) is 17.0 Å². The molecule has 0 aromatic heterocycles. The maximum Gasteiger partial charge on any atom is 0.231 e. The Kier molecular flexibility index (Phi) is 3.06. The Hall–Kier alpha value is -2.49. The summed E-state index contributed by atoms with van der Waals surface area (Å²) in [7, 11) is 1.50. The summed E-state index contributed by atoms with van der Waals surface area (Å²) in [5, 5.41) is 9.88. The first kappa shape index (κ1) is 12.5. The second-order valence-corrected chi connectivity index (χ2v) is 4.80. The van der Waals surface area contributed by atoms with Crippen LogP contribution in [0.4, 0.5) is 5.69 Å². The van der Waals surface area contributed by atoms with Crippen molar-refractivity contribution in [2.45, 2.75) is 13.0 Å². The predicted octanol–water partition coefficient (Wildman–Crippen LogP) is 2.49. The van der Waals surface area contributed by atoms with E-state index in [-0.39, 0.29) is 11.7 Å². The Morgan fingerprint density at radius 1 is 1.25 bits per heavy atom. The zero-order valence-corrected chi connectivity index (χ0v) is 11.2. The lowest BCUT2D eigenvalue weighted by Crippen LogP contribution is -2.25. The third-order valence-corrected chi connectivity index (χ3v) is 3.50. The third-order valence-electron chi connectivity index (χ3n) is 3.50. The number of ether oxygens (including phenoxy) is 1. The topological polar surface area (TPSA) is 49.8 Å². The number of methoxy groups -OCH3 is 1. The summed E-state index contributed by atoms with van der Waals surface area (Å²) < 4.78 is 5.08. The summed E-state index contributed by atoms with van der Waals surface area (Å²) in [4.78, 5) is 13.8. The van der Waals surface area contributed by atoms with Gasteiger partial charge in [-0.1, -0.05) is 30.3 Å². The fourth-order valence-corrected chi connectivity index (χ4v) is 2.49. The molecule has 1 amide bonds. The molecular formula is C16H15NO3. The van der Waals surface area contributed by atoms with Gasteiger partial charge in [0.05, 0.1) is 25.8 Å². The molecule has 4 heteroatoms. The minimum absolute atomic E-state index is 0.0384. The molecule has 0 bridgehead atoms. The van der Waals surface area contributed by atoms with Crippen molar-refractivity contribution in [3.05, 3.63) is 53.6 Å². The fraction of sp³-hybridized carbons (Fsp3) is 0.188. The first-order valence-electron chi connectivity index (χ1n) is 6.43. The van der Waals surface area contributed by atoms with Gasteiger partial charge in [0.1, 0.15) is 0 Å². The number of phenolic OH excluding ortho intramolecular Hbond substituents is 1. The number of carbonyl (C=O) groups excluding carboxylic acids is 1. The quantitative estimate of drug-likeness (QED) is 0.931. The molecule has 0 fully saturated rings. The maximum atomic E-state index is 12.1.